The van der Waals surface area contributed by atoms with Gasteiger partial charge >= 0.3 is 0 Å². The maximum atomic E-state index is 11.1. The van der Waals surface area contributed by atoms with Gasteiger partial charge in [-0.1, -0.05) is 6.42 Å². The lowest BCUT2D eigenvalue weighted by molar-refractivity contribution is 0.101. The summed E-state index contributed by atoms with van der Waals surface area (Å²) in [6.07, 6.45) is 5.21. The van der Waals surface area contributed by atoms with Crippen molar-refractivity contribution >= 4 is 5.78 Å². The third-order valence-corrected chi connectivity index (χ3v) is 3.10. The zero-order valence-electron chi connectivity index (χ0n) is 10.9. The molecule has 0 N–H and O–H groups in total. The van der Waals surface area contributed by atoms with Crippen molar-refractivity contribution in [2.24, 2.45) is 0 Å². The Labute approximate surface area is 108 Å². The fourth-order valence-electron chi connectivity index (χ4n) is 1.86. The third-order valence-electron chi connectivity index (χ3n) is 3.10. The topological polar surface area (TPSA) is 38.8 Å². The molecule has 1 heterocycles. The molecular weight excluding hydrogens is 228 g/mol. The third kappa shape index (κ3) is 4.49. The van der Waals surface area contributed by atoms with E-state index in [-0.39, 0.29) is 5.78 Å². The number of epoxide rings is 1. The first-order valence-corrected chi connectivity index (χ1v) is 6.61. The van der Waals surface area contributed by atoms with Crippen molar-refractivity contribution in [2.45, 2.75) is 38.7 Å². The van der Waals surface area contributed by atoms with E-state index in [0.29, 0.717) is 6.10 Å². The minimum atomic E-state index is 0.0869. The molecule has 0 aliphatic carbocycles. The van der Waals surface area contributed by atoms with Crippen LogP contribution in [0.4, 0.5) is 0 Å². The first-order chi connectivity index (χ1) is 8.75. The van der Waals surface area contributed by atoms with E-state index < -0.39 is 0 Å². The standard InChI is InChI=1S/C15H20O3/c1-12(16)13-6-8-14(9-7-13)17-10-4-2-3-5-15-11-18-15/h6-9,15H,2-5,10-11H2,1H3. The summed E-state index contributed by atoms with van der Waals surface area (Å²) in [5.74, 6) is 0.925. The van der Waals surface area contributed by atoms with Crippen LogP contribution in [0.25, 0.3) is 0 Å². The van der Waals surface area contributed by atoms with Gasteiger partial charge in [-0.15, -0.1) is 0 Å². The molecule has 1 unspecified atom stereocenters. The Hall–Kier alpha value is -1.35. The number of ether oxygens (including phenoxy) is 2. The highest BCUT2D eigenvalue weighted by molar-refractivity contribution is 5.94. The minimum Gasteiger partial charge on any atom is -0.494 e. The number of hydrogen-bond donors (Lipinski definition) is 0. The van der Waals surface area contributed by atoms with Crippen LogP contribution in [0.2, 0.25) is 0 Å². The maximum Gasteiger partial charge on any atom is 0.159 e. The second-order valence-electron chi connectivity index (χ2n) is 4.73. The largest absolute Gasteiger partial charge is 0.494 e. The lowest BCUT2D eigenvalue weighted by Crippen LogP contribution is -1.98. The predicted molar refractivity (Wildman–Crippen MR) is 70.1 cm³/mol. The molecule has 0 spiro atoms. The SMILES string of the molecule is CC(=O)c1ccc(OCCCCCC2CO2)cc1. The van der Waals surface area contributed by atoms with Crippen molar-refractivity contribution in [1.29, 1.82) is 0 Å². The Morgan fingerprint density at radius 2 is 2.00 bits per heavy atom. The van der Waals surface area contributed by atoms with Crippen LogP contribution >= 0.6 is 0 Å². The molecule has 0 amide bonds. The zero-order valence-corrected chi connectivity index (χ0v) is 10.9. The number of rotatable bonds is 8. The molecule has 0 aromatic heterocycles. The molecule has 0 radical (unpaired) electrons. The molecule has 1 atom stereocenters. The molecule has 0 saturated carbocycles. The van der Waals surface area contributed by atoms with Crippen LogP contribution in [0.5, 0.6) is 5.75 Å². The zero-order chi connectivity index (χ0) is 12.8. The van der Waals surface area contributed by atoms with Crippen LogP contribution in [0.15, 0.2) is 24.3 Å². The monoisotopic (exact) mass is 248 g/mol. The highest BCUT2D eigenvalue weighted by Gasteiger charge is 2.20. The number of hydrogen-bond acceptors (Lipinski definition) is 3. The summed E-state index contributed by atoms with van der Waals surface area (Å²) < 4.78 is 10.8. The summed E-state index contributed by atoms with van der Waals surface area (Å²) in [7, 11) is 0. The quantitative estimate of drug-likeness (QED) is 0.403. The highest BCUT2D eigenvalue weighted by Crippen LogP contribution is 2.17. The number of ketones is 1. The van der Waals surface area contributed by atoms with Gasteiger partial charge in [-0.2, -0.15) is 0 Å². The van der Waals surface area contributed by atoms with Crippen LogP contribution in [0.1, 0.15) is 43.0 Å². The van der Waals surface area contributed by atoms with Crippen LogP contribution in [-0.4, -0.2) is 25.1 Å². The maximum absolute atomic E-state index is 11.1. The van der Waals surface area contributed by atoms with Crippen molar-refractivity contribution < 1.29 is 14.3 Å². The molecular formula is C15H20O3. The molecule has 2 rings (SSSR count). The molecule has 1 aromatic rings. The summed E-state index contributed by atoms with van der Waals surface area (Å²) in [6, 6.07) is 7.33. The van der Waals surface area contributed by atoms with Gasteiger partial charge in [0.2, 0.25) is 0 Å². The van der Waals surface area contributed by atoms with Crippen LogP contribution in [-0.2, 0) is 4.74 Å². The van der Waals surface area contributed by atoms with Crippen LogP contribution in [0.3, 0.4) is 0 Å². The van der Waals surface area contributed by atoms with Gasteiger partial charge in [-0.25, -0.2) is 0 Å². The average Bonchev–Trinajstić information content (AvgIpc) is 3.18. The smallest absolute Gasteiger partial charge is 0.159 e. The molecule has 3 heteroatoms. The van der Waals surface area contributed by atoms with Crippen LogP contribution in [0, 0.1) is 0 Å². The van der Waals surface area contributed by atoms with Gasteiger partial charge in [0.1, 0.15) is 5.75 Å². The molecule has 1 aliphatic heterocycles. The summed E-state index contributed by atoms with van der Waals surface area (Å²) in [6.45, 7) is 3.27. The van der Waals surface area contributed by atoms with E-state index in [1.165, 1.54) is 19.3 Å². The van der Waals surface area contributed by atoms with Gasteiger partial charge in [-0.3, -0.25) is 4.79 Å². The van der Waals surface area contributed by atoms with E-state index in [9.17, 15) is 4.79 Å². The lowest BCUT2D eigenvalue weighted by atomic mass is 10.1. The molecule has 0 bridgehead atoms. The molecule has 1 aliphatic rings. The van der Waals surface area contributed by atoms with Crippen molar-refractivity contribution in [3.05, 3.63) is 29.8 Å². The van der Waals surface area contributed by atoms with Gasteiger partial charge in [0.05, 0.1) is 19.3 Å². The summed E-state index contributed by atoms with van der Waals surface area (Å²) in [5, 5.41) is 0. The highest BCUT2D eigenvalue weighted by atomic mass is 16.6. The number of Topliss-reactive ketones (excluding diaryl/α,β-unsaturated/α-hetero) is 1. The second kappa shape index (κ2) is 6.55. The first-order valence-electron chi connectivity index (χ1n) is 6.61. The normalized spacial score (nSPS) is 17.5. The molecule has 1 saturated heterocycles. The summed E-state index contributed by atoms with van der Waals surface area (Å²) >= 11 is 0. The molecule has 1 fully saturated rings. The molecule has 98 valence electrons. The fourth-order valence-corrected chi connectivity index (χ4v) is 1.86. The Balaban J connectivity index is 1.58. The van der Waals surface area contributed by atoms with Crippen molar-refractivity contribution in [2.75, 3.05) is 13.2 Å². The Kier molecular flexibility index (Phi) is 4.76. The number of unbranched alkanes of at least 4 members (excludes halogenated alkanes) is 2. The average molecular weight is 248 g/mol. The first kappa shape index (κ1) is 13.1. The van der Waals surface area contributed by atoms with E-state index in [4.69, 9.17) is 9.47 Å². The summed E-state index contributed by atoms with van der Waals surface area (Å²) in [5.41, 5.74) is 0.729. The van der Waals surface area contributed by atoms with Gasteiger partial charge in [0.15, 0.2) is 5.78 Å². The lowest BCUT2D eigenvalue weighted by Gasteiger charge is -2.06. The Bertz CT molecular complexity index is 379. The van der Waals surface area contributed by atoms with E-state index >= 15 is 0 Å². The fraction of sp³-hybridized carbons (Fsp3) is 0.533. The van der Waals surface area contributed by atoms with Gasteiger partial charge in [-0.05, 0) is 50.5 Å². The molecule has 18 heavy (non-hydrogen) atoms. The van der Waals surface area contributed by atoms with Gasteiger partial charge < -0.3 is 9.47 Å². The predicted octanol–water partition coefficient (Wildman–Crippen LogP) is 3.23. The van der Waals surface area contributed by atoms with Crippen molar-refractivity contribution in [1.82, 2.24) is 0 Å². The van der Waals surface area contributed by atoms with Crippen molar-refractivity contribution in [3.63, 3.8) is 0 Å². The molecule has 1 aromatic carbocycles. The van der Waals surface area contributed by atoms with E-state index in [2.05, 4.69) is 0 Å². The number of carbonyl (C=O) groups is 1. The van der Waals surface area contributed by atoms with Gasteiger partial charge in [0.25, 0.3) is 0 Å². The second-order valence-corrected chi connectivity index (χ2v) is 4.73. The minimum absolute atomic E-state index is 0.0869. The summed E-state index contributed by atoms with van der Waals surface area (Å²) in [4.78, 5) is 11.1. The van der Waals surface area contributed by atoms with Gasteiger partial charge in [0, 0.05) is 5.56 Å². The van der Waals surface area contributed by atoms with E-state index in [1.54, 1.807) is 6.92 Å². The Morgan fingerprint density at radius 3 is 2.61 bits per heavy atom. The van der Waals surface area contributed by atoms with E-state index in [1.807, 2.05) is 24.3 Å². The van der Waals surface area contributed by atoms with Crippen LogP contribution < -0.4 is 4.74 Å². The molecule has 3 nitrogen and oxygen atoms in total. The Morgan fingerprint density at radius 1 is 1.28 bits per heavy atom. The number of benzene rings is 1. The van der Waals surface area contributed by atoms with E-state index in [0.717, 1.165) is 30.9 Å². The van der Waals surface area contributed by atoms with Crippen molar-refractivity contribution in [3.8, 4) is 5.75 Å². The number of carbonyl (C=O) groups excluding carboxylic acids is 1.